The van der Waals surface area contributed by atoms with Gasteiger partial charge in [-0.2, -0.15) is 0 Å². The number of Topliss-reactive ketones (excluding diaryl/α,β-unsaturated/α-hetero) is 1. The first-order valence-corrected chi connectivity index (χ1v) is 7.09. The zero-order valence-electron chi connectivity index (χ0n) is 11.3. The Morgan fingerprint density at radius 3 is 2.45 bits per heavy atom. The molecule has 0 saturated heterocycles. The standard InChI is InChI=1S/C18H16O2/c19-17(13-6-7-14-11-20-12-15(14)10-13)18(8-9-18)16-4-2-1-3-5-16/h1-7,10H,8-9,11-12H2. The molecule has 2 nitrogen and oxygen atoms in total. The molecule has 0 amide bonds. The molecule has 1 aliphatic heterocycles. The van der Waals surface area contributed by atoms with Crippen LogP contribution in [0.1, 0.15) is 39.9 Å². The van der Waals surface area contributed by atoms with E-state index in [0.29, 0.717) is 13.2 Å². The van der Waals surface area contributed by atoms with Crippen molar-refractivity contribution in [2.75, 3.05) is 0 Å². The van der Waals surface area contributed by atoms with Crippen LogP contribution in [0, 0.1) is 0 Å². The van der Waals surface area contributed by atoms with Gasteiger partial charge in [-0.3, -0.25) is 4.79 Å². The van der Waals surface area contributed by atoms with E-state index in [1.807, 2.05) is 36.4 Å². The molecule has 2 aromatic carbocycles. The van der Waals surface area contributed by atoms with E-state index < -0.39 is 0 Å². The van der Waals surface area contributed by atoms with Gasteiger partial charge in [-0.1, -0.05) is 42.5 Å². The molecule has 1 aliphatic carbocycles. The lowest BCUT2D eigenvalue weighted by Crippen LogP contribution is -2.20. The van der Waals surface area contributed by atoms with Crippen molar-refractivity contribution in [2.24, 2.45) is 0 Å². The number of carbonyl (C=O) groups is 1. The molecule has 0 spiro atoms. The van der Waals surface area contributed by atoms with Crippen LogP contribution < -0.4 is 0 Å². The molecular weight excluding hydrogens is 248 g/mol. The number of fused-ring (bicyclic) bond motifs is 1. The van der Waals surface area contributed by atoms with E-state index in [1.54, 1.807) is 0 Å². The van der Waals surface area contributed by atoms with Gasteiger partial charge in [-0.05, 0) is 35.6 Å². The number of rotatable bonds is 3. The number of hydrogen-bond acceptors (Lipinski definition) is 2. The molecule has 0 bridgehead atoms. The lowest BCUT2D eigenvalue weighted by Gasteiger charge is -2.15. The normalized spacial score (nSPS) is 18.6. The molecule has 0 atom stereocenters. The fraction of sp³-hybridized carbons (Fsp3) is 0.278. The van der Waals surface area contributed by atoms with Gasteiger partial charge in [0.15, 0.2) is 5.78 Å². The van der Waals surface area contributed by atoms with Crippen LogP contribution in [0.3, 0.4) is 0 Å². The maximum atomic E-state index is 12.9. The maximum Gasteiger partial charge on any atom is 0.173 e. The van der Waals surface area contributed by atoms with Gasteiger partial charge in [0.1, 0.15) is 0 Å². The van der Waals surface area contributed by atoms with E-state index in [1.165, 1.54) is 11.1 Å². The summed E-state index contributed by atoms with van der Waals surface area (Å²) in [4.78, 5) is 12.9. The molecular formula is C18H16O2. The topological polar surface area (TPSA) is 26.3 Å². The lowest BCUT2D eigenvalue weighted by atomic mass is 9.87. The van der Waals surface area contributed by atoms with Crippen molar-refractivity contribution in [3.63, 3.8) is 0 Å². The largest absolute Gasteiger partial charge is 0.372 e. The van der Waals surface area contributed by atoms with Gasteiger partial charge < -0.3 is 4.74 Å². The second kappa shape index (κ2) is 4.29. The highest BCUT2D eigenvalue weighted by Gasteiger charge is 2.51. The van der Waals surface area contributed by atoms with Crippen LogP contribution in [0.2, 0.25) is 0 Å². The van der Waals surface area contributed by atoms with E-state index in [0.717, 1.165) is 24.0 Å². The molecule has 1 fully saturated rings. The Kier molecular flexibility index (Phi) is 2.54. The summed E-state index contributed by atoms with van der Waals surface area (Å²) in [5.74, 6) is 0.262. The van der Waals surface area contributed by atoms with Crippen molar-refractivity contribution in [3.8, 4) is 0 Å². The second-order valence-electron chi connectivity index (χ2n) is 5.75. The molecule has 0 N–H and O–H groups in total. The van der Waals surface area contributed by atoms with Crippen molar-refractivity contribution >= 4 is 5.78 Å². The monoisotopic (exact) mass is 264 g/mol. The summed E-state index contributed by atoms with van der Waals surface area (Å²) >= 11 is 0. The summed E-state index contributed by atoms with van der Waals surface area (Å²) in [6.07, 6.45) is 1.92. The zero-order valence-corrected chi connectivity index (χ0v) is 11.3. The SMILES string of the molecule is O=C(c1ccc2c(c1)COC2)C1(c2ccccc2)CC1. The molecule has 0 radical (unpaired) electrons. The van der Waals surface area contributed by atoms with Crippen LogP contribution in [-0.2, 0) is 23.4 Å². The first-order chi connectivity index (χ1) is 9.79. The molecule has 100 valence electrons. The van der Waals surface area contributed by atoms with Gasteiger partial charge in [0.2, 0.25) is 0 Å². The Hall–Kier alpha value is -1.93. The smallest absolute Gasteiger partial charge is 0.173 e. The fourth-order valence-electron chi connectivity index (χ4n) is 3.12. The van der Waals surface area contributed by atoms with E-state index in [4.69, 9.17) is 4.74 Å². The minimum Gasteiger partial charge on any atom is -0.372 e. The average molecular weight is 264 g/mol. The first-order valence-electron chi connectivity index (χ1n) is 7.09. The van der Waals surface area contributed by atoms with Gasteiger partial charge in [-0.25, -0.2) is 0 Å². The number of ether oxygens (including phenoxy) is 1. The zero-order chi connectivity index (χ0) is 13.6. The van der Waals surface area contributed by atoms with Gasteiger partial charge in [0.05, 0.1) is 18.6 Å². The third kappa shape index (κ3) is 1.72. The van der Waals surface area contributed by atoms with Crippen molar-refractivity contribution in [1.82, 2.24) is 0 Å². The predicted octanol–water partition coefficient (Wildman–Crippen LogP) is 3.63. The molecule has 4 rings (SSSR count). The van der Waals surface area contributed by atoms with E-state index in [-0.39, 0.29) is 11.2 Å². The minimum absolute atomic E-state index is 0.262. The molecule has 20 heavy (non-hydrogen) atoms. The number of carbonyl (C=O) groups excluding carboxylic acids is 1. The van der Waals surface area contributed by atoms with E-state index in [2.05, 4.69) is 12.1 Å². The molecule has 2 aliphatic rings. The van der Waals surface area contributed by atoms with Crippen LogP contribution in [-0.4, -0.2) is 5.78 Å². The Morgan fingerprint density at radius 2 is 1.70 bits per heavy atom. The Bertz CT molecular complexity index is 669. The summed E-state index contributed by atoms with van der Waals surface area (Å²) in [6.45, 7) is 1.31. The van der Waals surface area contributed by atoms with Crippen molar-refractivity contribution in [1.29, 1.82) is 0 Å². The maximum absolute atomic E-state index is 12.9. The van der Waals surface area contributed by atoms with Crippen LogP contribution in [0.15, 0.2) is 48.5 Å². The van der Waals surface area contributed by atoms with Crippen LogP contribution in [0.25, 0.3) is 0 Å². The summed E-state index contributed by atoms with van der Waals surface area (Å²) < 4.78 is 5.42. The number of benzene rings is 2. The molecule has 0 aromatic heterocycles. The van der Waals surface area contributed by atoms with Gasteiger partial charge in [-0.15, -0.1) is 0 Å². The van der Waals surface area contributed by atoms with Crippen LogP contribution in [0.4, 0.5) is 0 Å². The highest BCUT2D eigenvalue weighted by atomic mass is 16.5. The quantitative estimate of drug-likeness (QED) is 0.791. The summed E-state index contributed by atoms with van der Waals surface area (Å²) in [5, 5.41) is 0. The summed E-state index contributed by atoms with van der Waals surface area (Å²) in [5.41, 5.74) is 4.10. The van der Waals surface area contributed by atoms with Crippen molar-refractivity contribution in [2.45, 2.75) is 31.5 Å². The molecule has 2 heteroatoms. The Balaban J connectivity index is 1.71. The third-order valence-electron chi connectivity index (χ3n) is 4.49. The van der Waals surface area contributed by atoms with Gasteiger partial charge >= 0.3 is 0 Å². The summed E-state index contributed by atoms with van der Waals surface area (Å²) in [7, 11) is 0. The number of ketones is 1. The van der Waals surface area contributed by atoms with Crippen molar-refractivity contribution in [3.05, 3.63) is 70.8 Å². The Labute approximate surface area is 118 Å². The summed E-state index contributed by atoms with van der Waals surface area (Å²) in [6, 6.07) is 16.2. The molecule has 0 unspecified atom stereocenters. The van der Waals surface area contributed by atoms with Gasteiger partial charge in [0.25, 0.3) is 0 Å². The predicted molar refractivity (Wildman–Crippen MR) is 76.6 cm³/mol. The van der Waals surface area contributed by atoms with Crippen molar-refractivity contribution < 1.29 is 9.53 Å². The minimum atomic E-state index is -0.269. The molecule has 1 heterocycles. The van der Waals surface area contributed by atoms with E-state index >= 15 is 0 Å². The van der Waals surface area contributed by atoms with E-state index in [9.17, 15) is 4.79 Å². The molecule has 2 aromatic rings. The first kappa shape index (κ1) is 11.9. The Morgan fingerprint density at radius 1 is 0.950 bits per heavy atom. The lowest BCUT2D eigenvalue weighted by molar-refractivity contribution is 0.0946. The van der Waals surface area contributed by atoms with Crippen LogP contribution in [0.5, 0.6) is 0 Å². The fourth-order valence-corrected chi connectivity index (χ4v) is 3.12. The van der Waals surface area contributed by atoms with Crippen LogP contribution >= 0.6 is 0 Å². The van der Waals surface area contributed by atoms with Gasteiger partial charge in [0, 0.05) is 5.56 Å². The number of hydrogen-bond donors (Lipinski definition) is 0. The third-order valence-corrected chi connectivity index (χ3v) is 4.49. The highest BCUT2D eigenvalue weighted by molar-refractivity contribution is 6.06. The highest BCUT2D eigenvalue weighted by Crippen LogP contribution is 2.50. The average Bonchev–Trinajstić information content (AvgIpc) is 3.18. The molecule has 1 saturated carbocycles. The second-order valence-corrected chi connectivity index (χ2v) is 5.75.